The van der Waals surface area contributed by atoms with E-state index < -0.39 is 39.8 Å². The normalized spacial score (nSPS) is 17.9. The lowest BCUT2D eigenvalue weighted by molar-refractivity contribution is -0.134. The molecule has 3 aromatic rings. The van der Waals surface area contributed by atoms with Crippen molar-refractivity contribution in [1.29, 1.82) is 0 Å². The van der Waals surface area contributed by atoms with Crippen LogP contribution in [0.3, 0.4) is 0 Å². The molecule has 3 atom stereocenters. The Morgan fingerprint density at radius 1 is 1.07 bits per heavy atom. The number of fused-ring (bicyclic) bond motifs is 1. The lowest BCUT2D eigenvalue weighted by Crippen LogP contribution is -2.48. The van der Waals surface area contributed by atoms with Crippen molar-refractivity contribution in [2.75, 3.05) is 36.8 Å². The van der Waals surface area contributed by atoms with Crippen LogP contribution in [0.1, 0.15) is 19.4 Å². The van der Waals surface area contributed by atoms with Crippen molar-refractivity contribution in [3.05, 3.63) is 83.9 Å². The molecule has 0 spiro atoms. The minimum absolute atomic E-state index is 0.113. The van der Waals surface area contributed by atoms with Gasteiger partial charge in [-0.3, -0.25) is 9.52 Å². The first kappa shape index (κ1) is 31.7. The number of aliphatic hydroxyl groups excluding tert-OH is 1. The fourth-order valence-electron chi connectivity index (χ4n) is 4.64. The Bertz CT molecular complexity index is 1550. The smallest absolute Gasteiger partial charge is 0.321 e. The summed E-state index contributed by atoms with van der Waals surface area (Å²) >= 11 is 0. The van der Waals surface area contributed by atoms with Gasteiger partial charge in [0.15, 0.2) is 0 Å². The highest BCUT2D eigenvalue weighted by Crippen LogP contribution is 2.30. The van der Waals surface area contributed by atoms with E-state index in [1.54, 1.807) is 24.9 Å². The van der Waals surface area contributed by atoms with Crippen LogP contribution in [-0.2, 0) is 21.2 Å². The van der Waals surface area contributed by atoms with Crippen LogP contribution in [0.25, 0.3) is 0 Å². The first-order valence-corrected chi connectivity index (χ1v) is 15.1. The van der Waals surface area contributed by atoms with Gasteiger partial charge in [-0.25, -0.2) is 22.0 Å². The maximum atomic E-state index is 13.4. The van der Waals surface area contributed by atoms with E-state index in [-0.39, 0.29) is 48.5 Å². The van der Waals surface area contributed by atoms with Crippen molar-refractivity contribution in [2.45, 2.75) is 37.3 Å². The standard InChI is InChI=1S/C30H34F2N4O6S/c1-19-16-36(20(2)18-37)29(38)15-21-14-25(34-43(40,41)26-11-6-23(32)7-12-26)10-13-27(21)42-28(19)17-35(3)30(39)33-24-8-4-22(31)5-9-24/h4-14,19-20,28,34,37H,15-18H2,1-3H3,(H,33,39)/t19-,20+,28+/m1/s1. The molecule has 0 saturated carbocycles. The number of ether oxygens (including phenoxy) is 1. The fraction of sp³-hybridized carbons (Fsp3) is 0.333. The van der Waals surface area contributed by atoms with Gasteiger partial charge in [0.05, 0.1) is 30.5 Å². The number of urea groups is 1. The minimum Gasteiger partial charge on any atom is -0.488 e. The second-order valence-electron chi connectivity index (χ2n) is 10.6. The van der Waals surface area contributed by atoms with Crippen LogP contribution in [0, 0.1) is 17.6 Å². The van der Waals surface area contributed by atoms with E-state index in [2.05, 4.69) is 10.0 Å². The van der Waals surface area contributed by atoms with Gasteiger partial charge >= 0.3 is 6.03 Å². The molecule has 1 heterocycles. The second-order valence-corrected chi connectivity index (χ2v) is 12.3. The van der Waals surface area contributed by atoms with E-state index in [1.165, 1.54) is 41.3 Å². The zero-order valence-corrected chi connectivity index (χ0v) is 24.8. The molecule has 0 unspecified atom stereocenters. The van der Waals surface area contributed by atoms with Crippen LogP contribution in [0.4, 0.5) is 25.0 Å². The van der Waals surface area contributed by atoms with E-state index in [0.29, 0.717) is 17.0 Å². The molecule has 0 aromatic heterocycles. The molecule has 0 fully saturated rings. The molecule has 1 aliphatic heterocycles. The van der Waals surface area contributed by atoms with Crippen molar-refractivity contribution in [3.8, 4) is 5.75 Å². The maximum absolute atomic E-state index is 13.4. The molecule has 13 heteroatoms. The zero-order valence-electron chi connectivity index (χ0n) is 24.0. The molecule has 0 saturated heterocycles. The number of aliphatic hydroxyl groups is 1. The minimum atomic E-state index is -4.05. The zero-order chi connectivity index (χ0) is 31.3. The number of sulfonamides is 1. The average molecular weight is 617 g/mol. The van der Waals surface area contributed by atoms with Crippen LogP contribution in [0.15, 0.2) is 71.6 Å². The number of likely N-dealkylation sites (N-methyl/N-ethyl adjacent to an activating group) is 1. The molecule has 43 heavy (non-hydrogen) atoms. The molecule has 3 aromatic carbocycles. The third kappa shape index (κ3) is 7.99. The fourth-order valence-corrected chi connectivity index (χ4v) is 5.69. The Labute approximate surface area is 249 Å². The summed E-state index contributed by atoms with van der Waals surface area (Å²) in [6.07, 6.45) is -0.740. The van der Waals surface area contributed by atoms with Gasteiger partial charge in [-0.1, -0.05) is 6.92 Å². The number of nitrogens with zero attached hydrogens (tertiary/aromatic N) is 2. The van der Waals surface area contributed by atoms with Crippen molar-refractivity contribution >= 4 is 33.3 Å². The molecule has 1 aliphatic rings. The third-order valence-electron chi connectivity index (χ3n) is 7.19. The predicted molar refractivity (Wildman–Crippen MR) is 157 cm³/mol. The van der Waals surface area contributed by atoms with E-state index in [1.807, 2.05) is 6.92 Å². The number of amides is 3. The molecule has 0 aliphatic carbocycles. The van der Waals surface area contributed by atoms with Gasteiger partial charge in [-0.15, -0.1) is 0 Å². The van der Waals surface area contributed by atoms with Gasteiger partial charge in [-0.05, 0) is 73.7 Å². The van der Waals surface area contributed by atoms with Gasteiger partial charge in [0, 0.05) is 36.4 Å². The Balaban J connectivity index is 1.61. The van der Waals surface area contributed by atoms with Gasteiger partial charge in [0.1, 0.15) is 23.5 Å². The van der Waals surface area contributed by atoms with E-state index >= 15 is 0 Å². The summed E-state index contributed by atoms with van der Waals surface area (Å²) in [4.78, 5) is 29.2. The number of carbonyl (C=O) groups is 2. The summed E-state index contributed by atoms with van der Waals surface area (Å²) in [5.41, 5.74) is 0.981. The molecule has 0 radical (unpaired) electrons. The third-order valence-corrected chi connectivity index (χ3v) is 8.59. The topological polar surface area (TPSA) is 128 Å². The summed E-state index contributed by atoms with van der Waals surface area (Å²) in [5.74, 6) is -1.25. The number of anilines is 2. The highest BCUT2D eigenvalue weighted by atomic mass is 32.2. The quantitative estimate of drug-likeness (QED) is 0.350. The molecule has 3 amide bonds. The van der Waals surface area contributed by atoms with Crippen LogP contribution in [-0.4, -0.2) is 74.2 Å². The number of nitrogens with one attached hydrogen (secondary N) is 2. The number of hydrogen-bond donors (Lipinski definition) is 3. The molecule has 230 valence electrons. The number of halogens is 2. The monoisotopic (exact) mass is 616 g/mol. The van der Waals surface area contributed by atoms with Crippen molar-refractivity contribution in [1.82, 2.24) is 9.80 Å². The largest absolute Gasteiger partial charge is 0.488 e. The van der Waals surface area contributed by atoms with Crippen LogP contribution in [0.2, 0.25) is 0 Å². The SMILES string of the molecule is C[C@@H]1CN([C@@H](C)CO)C(=O)Cc2cc(NS(=O)(=O)c3ccc(F)cc3)ccc2O[C@H]1CN(C)C(=O)Nc1ccc(F)cc1. The Morgan fingerprint density at radius 2 is 1.67 bits per heavy atom. The molecular weight excluding hydrogens is 582 g/mol. The number of hydrogen-bond acceptors (Lipinski definition) is 6. The van der Waals surface area contributed by atoms with Crippen LogP contribution >= 0.6 is 0 Å². The lowest BCUT2D eigenvalue weighted by Gasteiger charge is -2.34. The molecule has 10 nitrogen and oxygen atoms in total. The van der Waals surface area contributed by atoms with Crippen LogP contribution in [0.5, 0.6) is 5.75 Å². The van der Waals surface area contributed by atoms with Crippen molar-refractivity contribution in [3.63, 3.8) is 0 Å². The highest BCUT2D eigenvalue weighted by Gasteiger charge is 2.32. The molecule has 0 bridgehead atoms. The van der Waals surface area contributed by atoms with Crippen molar-refractivity contribution < 1.29 is 36.6 Å². The Kier molecular flexibility index (Phi) is 9.87. The summed E-state index contributed by atoms with van der Waals surface area (Å²) in [6, 6.07) is 13.3. The molecule has 3 N–H and O–H groups in total. The van der Waals surface area contributed by atoms with Gasteiger partial charge in [0.2, 0.25) is 5.91 Å². The van der Waals surface area contributed by atoms with Crippen LogP contribution < -0.4 is 14.8 Å². The van der Waals surface area contributed by atoms with Crippen molar-refractivity contribution in [2.24, 2.45) is 5.92 Å². The number of benzene rings is 3. The highest BCUT2D eigenvalue weighted by molar-refractivity contribution is 7.92. The Hall–Kier alpha value is -4.23. The average Bonchev–Trinajstić information content (AvgIpc) is 3.01. The summed E-state index contributed by atoms with van der Waals surface area (Å²) in [7, 11) is -2.47. The Morgan fingerprint density at radius 3 is 2.30 bits per heavy atom. The van der Waals surface area contributed by atoms with Gasteiger partial charge in [0.25, 0.3) is 10.0 Å². The van der Waals surface area contributed by atoms with Gasteiger partial charge in [-0.2, -0.15) is 0 Å². The summed E-state index contributed by atoms with van der Waals surface area (Å²) in [5, 5.41) is 12.6. The first-order chi connectivity index (χ1) is 20.4. The molecular formula is C30H34F2N4O6S. The second kappa shape index (κ2) is 13.4. The number of carbonyl (C=O) groups excluding carboxylic acids is 2. The number of rotatable bonds is 8. The lowest BCUT2D eigenvalue weighted by atomic mass is 10.0. The van der Waals surface area contributed by atoms with E-state index in [4.69, 9.17) is 4.74 Å². The molecule has 4 rings (SSSR count). The summed E-state index contributed by atoms with van der Waals surface area (Å²) in [6.45, 7) is 3.67. The van der Waals surface area contributed by atoms with Gasteiger partial charge < -0.3 is 25.0 Å². The maximum Gasteiger partial charge on any atom is 0.321 e. The van der Waals surface area contributed by atoms with E-state index in [9.17, 15) is 31.9 Å². The summed E-state index contributed by atoms with van der Waals surface area (Å²) < 4.78 is 61.2. The first-order valence-electron chi connectivity index (χ1n) is 13.6. The predicted octanol–water partition coefficient (Wildman–Crippen LogP) is 4.08. The van der Waals surface area contributed by atoms with E-state index in [0.717, 1.165) is 24.3 Å².